The summed E-state index contributed by atoms with van der Waals surface area (Å²) in [5.74, 6) is -1.05. The van der Waals surface area contributed by atoms with E-state index >= 15 is 0 Å². The first-order valence-corrected chi connectivity index (χ1v) is 31.6. The summed E-state index contributed by atoms with van der Waals surface area (Å²) in [5, 5.41) is 0. The minimum absolute atomic E-state index is 0.0990. The van der Waals surface area contributed by atoms with E-state index in [1.165, 1.54) is 193 Å². The Kier molecular flexibility index (Phi) is 59.3. The zero-order chi connectivity index (χ0) is 53.6. The van der Waals surface area contributed by atoms with Gasteiger partial charge in [0.25, 0.3) is 0 Å². The number of unbranched alkanes of at least 4 members (excludes halogenated alkanes) is 33. The molecule has 0 fully saturated rings. The number of carbonyl (C=O) groups is 3. The van der Waals surface area contributed by atoms with Crippen LogP contribution in [0.3, 0.4) is 0 Å². The highest BCUT2D eigenvalue weighted by molar-refractivity contribution is 5.72. The van der Waals surface area contributed by atoms with Gasteiger partial charge in [0.15, 0.2) is 6.10 Å². The number of esters is 3. The number of allylic oxidation sites excluding steroid dienone is 13. The predicted octanol–water partition coefficient (Wildman–Crippen LogP) is 21.5. The van der Waals surface area contributed by atoms with Gasteiger partial charge >= 0.3 is 17.9 Å². The molecule has 0 rings (SSSR count). The largest absolute Gasteiger partial charge is 0.462 e. The molecular formula is C68H118O6. The smallest absolute Gasteiger partial charge is 0.310 e. The van der Waals surface area contributed by atoms with Crippen LogP contribution in [0, 0.1) is 0 Å². The highest BCUT2D eigenvalue weighted by Crippen LogP contribution is 2.17. The fourth-order valence-corrected chi connectivity index (χ4v) is 8.96. The second-order valence-electron chi connectivity index (χ2n) is 21.0. The van der Waals surface area contributed by atoms with E-state index in [0.717, 1.165) is 77.0 Å². The number of hydrogen-bond acceptors (Lipinski definition) is 6. The van der Waals surface area contributed by atoms with Crippen LogP contribution in [0.2, 0.25) is 0 Å². The molecule has 0 saturated heterocycles. The van der Waals surface area contributed by atoms with Gasteiger partial charge in [-0.25, -0.2) is 0 Å². The summed E-state index contributed by atoms with van der Waals surface area (Å²) in [7, 11) is 0. The van der Waals surface area contributed by atoms with Gasteiger partial charge in [-0.3, -0.25) is 14.4 Å². The maximum atomic E-state index is 12.7. The van der Waals surface area contributed by atoms with Crippen molar-refractivity contribution >= 4 is 17.9 Å². The molecule has 0 radical (unpaired) electrons. The van der Waals surface area contributed by atoms with Crippen molar-refractivity contribution in [1.82, 2.24) is 0 Å². The minimum Gasteiger partial charge on any atom is -0.462 e. The molecule has 0 aliphatic carbocycles. The number of carbonyl (C=O) groups excluding carboxylic acids is 3. The predicted molar refractivity (Wildman–Crippen MR) is 321 cm³/mol. The summed E-state index contributed by atoms with van der Waals surface area (Å²) in [6.45, 7) is 6.38. The number of rotatable bonds is 57. The van der Waals surface area contributed by atoms with E-state index in [0.29, 0.717) is 12.8 Å². The first kappa shape index (κ1) is 70.6. The molecule has 0 amide bonds. The molecule has 0 saturated carbocycles. The van der Waals surface area contributed by atoms with Gasteiger partial charge < -0.3 is 14.2 Å². The van der Waals surface area contributed by atoms with Gasteiger partial charge in [-0.15, -0.1) is 0 Å². The molecule has 6 heteroatoms. The molecule has 0 aliphatic heterocycles. The van der Waals surface area contributed by atoms with E-state index < -0.39 is 12.1 Å². The van der Waals surface area contributed by atoms with Crippen LogP contribution >= 0.6 is 0 Å². The standard InChI is InChI=1S/C68H118O6/c1-4-7-10-13-16-18-20-22-24-25-26-27-28-29-30-31-32-33-34-35-36-37-38-39-40-41-42-43-45-46-48-50-52-55-58-61-67(70)73-64-65(63-72-66(69)60-57-54-15-12-9-6-3)74-68(71)62-59-56-53-51-49-47-44-23-21-19-17-14-11-8-5-2/h8,11,17,19-20,22-23,25-26,44,49,51,56,59,65H,4-7,9-10,12-16,18,21,24,27-43,45-48,50,52-55,57-58,60-64H2,1-3H3/b11-8-,19-17-,22-20-,26-25-,44-23-,51-49-,59-56-. The van der Waals surface area contributed by atoms with E-state index in [9.17, 15) is 14.4 Å². The van der Waals surface area contributed by atoms with Gasteiger partial charge in [0.1, 0.15) is 13.2 Å². The van der Waals surface area contributed by atoms with Crippen molar-refractivity contribution in [2.75, 3.05) is 13.2 Å². The lowest BCUT2D eigenvalue weighted by Crippen LogP contribution is -2.30. The van der Waals surface area contributed by atoms with Crippen LogP contribution < -0.4 is 0 Å². The molecule has 0 heterocycles. The Morgan fingerprint density at radius 3 is 0.892 bits per heavy atom. The fourth-order valence-electron chi connectivity index (χ4n) is 8.96. The normalized spacial score (nSPS) is 12.6. The summed E-state index contributed by atoms with van der Waals surface area (Å²) in [5.41, 5.74) is 0. The van der Waals surface area contributed by atoms with Gasteiger partial charge in [0.2, 0.25) is 0 Å². The number of hydrogen-bond donors (Lipinski definition) is 0. The van der Waals surface area contributed by atoms with Gasteiger partial charge in [-0.1, -0.05) is 298 Å². The maximum absolute atomic E-state index is 12.7. The van der Waals surface area contributed by atoms with E-state index in [1.54, 1.807) is 6.08 Å². The lowest BCUT2D eigenvalue weighted by Gasteiger charge is -2.18. The lowest BCUT2D eigenvalue weighted by atomic mass is 10.0. The SMILES string of the molecule is CC/C=C\C/C=C\C/C=C\C/C=C\C/C=C\CC(=O)OC(COC(=O)CCCCCCCC)COC(=O)CCCCCCCCCCCCCCCCCCCCCCCCC/C=C\C/C=C\CCCCCCC. The summed E-state index contributed by atoms with van der Waals surface area (Å²) in [6.07, 6.45) is 82.6. The van der Waals surface area contributed by atoms with Gasteiger partial charge in [-0.2, -0.15) is 0 Å². The topological polar surface area (TPSA) is 78.9 Å². The van der Waals surface area contributed by atoms with Crippen molar-refractivity contribution < 1.29 is 28.6 Å². The average Bonchev–Trinajstić information content (AvgIpc) is 3.40. The Labute approximate surface area is 458 Å². The first-order chi connectivity index (χ1) is 36.5. The second-order valence-corrected chi connectivity index (χ2v) is 21.0. The van der Waals surface area contributed by atoms with Gasteiger partial charge in [-0.05, 0) is 77.0 Å². The Morgan fingerprint density at radius 1 is 0.297 bits per heavy atom. The van der Waals surface area contributed by atoms with Crippen LogP contribution in [0.1, 0.15) is 310 Å². The van der Waals surface area contributed by atoms with E-state index in [4.69, 9.17) is 14.2 Å². The molecule has 426 valence electrons. The molecular weight excluding hydrogens is 913 g/mol. The van der Waals surface area contributed by atoms with E-state index in [-0.39, 0.29) is 31.6 Å². The van der Waals surface area contributed by atoms with Crippen molar-refractivity contribution in [3.63, 3.8) is 0 Å². The summed E-state index contributed by atoms with van der Waals surface area (Å²) < 4.78 is 16.6. The summed E-state index contributed by atoms with van der Waals surface area (Å²) in [4.78, 5) is 37.8. The quantitative estimate of drug-likeness (QED) is 0.0261. The molecule has 0 aromatic heterocycles. The average molecular weight is 1030 g/mol. The third kappa shape index (κ3) is 59.5. The van der Waals surface area contributed by atoms with Crippen LogP contribution in [0.15, 0.2) is 85.1 Å². The molecule has 74 heavy (non-hydrogen) atoms. The highest BCUT2D eigenvalue weighted by Gasteiger charge is 2.19. The molecule has 0 aliphatic rings. The fraction of sp³-hybridized carbons (Fsp3) is 0.750. The van der Waals surface area contributed by atoms with Crippen molar-refractivity contribution in [1.29, 1.82) is 0 Å². The van der Waals surface area contributed by atoms with Crippen LogP contribution in [-0.4, -0.2) is 37.2 Å². The third-order valence-corrected chi connectivity index (χ3v) is 13.7. The zero-order valence-electron chi connectivity index (χ0n) is 48.8. The molecule has 0 spiro atoms. The second kappa shape index (κ2) is 62.1. The Morgan fingerprint density at radius 2 is 0.568 bits per heavy atom. The van der Waals surface area contributed by atoms with E-state index in [1.807, 2.05) is 6.08 Å². The first-order valence-electron chi connectivity index (χ1n) is 31.6. The van der Waals surface area contributed by atoms with Crippen molar-refractivity contribution in [3.8, 4) is 0 Å². The van der Waals surface area contributed by atoms with E-state index in [2.05, 4.69) is 93.7 Å². The summed E-state index contributed by atoms with van der Waals surface area (Å²) in [6, 6.07) is 0. The molecule has 0 aromatic rings. The molecule has 0 bridgehead atoms. The molecule has 0 N–H and O–H groups in total. The van der Waals surface area contributed by atoms with Gasteiger partial charge in [0.05, 0.1) is 6.42 Å². The molecule has 1 atom stereocenters. The highest BCUT2D eigenvalue weighted by atomic mass is 16.6. The van der Waals surface area contributed by atoms with Crippen LogP contribution in [0.25, 0.3) is 0 Å². The molecule has 1 unspecified atom stereocenters. The van der Waals surface area contributed by atoms with Crippen LogP contribution in [-0.2, 0) is 28.6 Å². The Bertz CT molecular complexity index is 1420. The van der Waals surface area contributed by atoms with Gasteiger partial charge in [0, 0.05) is 12.8 Å². The van der Waals surface area contributed by atoms with Crippen molar-refractivity contribution in [2.45, 2.75) is 316 Å². The molecule has 6 nitrogen and oxygen atoms in total. The summed E-state index contributed by atoms with van der Waals surface area (Å²) >= 11 is 0. The third-order valence-electron chi connectivity index (χ3n) is 13.7. The minimum atomic E-state index is -0.825. The lowest BCUT2D eigenvalue weighted by molar-refractivity contribution is -0.166. The maximum Gasteiger partial charge on any atom is 0.310 e. The number of ether oxygens (including phenoxy) is 3. The van der Waals surface area contributed by atoms with Crippen LogP contribution in [0.4, 0.5) is 0 Å². The monoisotopic (exact) mass is 1030 g/mol. The van der Waals surface area contributed by atoms with Crippen molar-refractivity contribution in [3.05, 3.63) is 85.1 Å². The Balaban J connectivity index is 3.96. The molecule has 0 aromatic carbocycles. The van der Waals surface area contributed by atoms with Crippen molar-refractivity contribution in [2.24, 2.45) is 0 Å². The Hall–Kier alpha value is -3.41. The zero-order valence-corrected chi connectivity index (χ0v) is 48.8. The van der Waals surface area contributed by atoms with Crippen LogP contribution in [0.5, 0.6) is 0 Å².